The number of rotatable bonds is 4. The van der Waals surface area contributed by atoms with Crippen molar-refractivity contribution in [3.05, 3.63) is 44.8 Å². The molecule has 0 aliphatic carbocycles. The van der Waals surface area contributed by atoms with Crippen molar-refractivity contribution in [2.45, 2.75) is 0 Å². The lowest BCUT2D eigenvalue weighted by molar-refractivity contribution is -0.111. The van der Waals surface area contributed by atoms with E-state index < -0.39 is 5.97 Å². The van der Waals surface area contributed by atoms with E-state index in [1.54, 1.807) is 28.9 Å². The van der Waals surface area contributed by atoms with Gasteiger partial charge in [0.2, 0.25) is 5.91 Å². The number of carbonyl (C=O) groups is 2. The van der Waals surface area contributed by atoms with Gasteiger partial charge in [0.25, 0.3) is 0 Å². The Morgan fingerprint density at radius 1 is 1.26 bits per heavy atom. The highest BCUT2D eigenvalue weighted by Crippen LogP contribution is 2.23. The smallest absolute Gasteiger partial charge is 0.350 e. The van der Waals surface area contributed by atoms with E-state index in [1.165, 1.54) is 24.5 Å². The topological polar surface area (TPSA) is 55.4 Å². The third-order valence-corrected chi connectivity index (χ3v) is 3.97. The molecule has 19 heavy (non-hydrogen) atoms. The highest BCUT2D eigenvalue weighted by molar-refractivity contribution is 7.12. The minimum Gasteiger partial charge on any atom is -0.465 e. The van der Waals surface area contributed by atoms with E-state index in [0.717, 1.165) is 4.88 Å². The molecule has 4 nitrogen and oxygen atoms in total. The van der Waals surface area contributed by atoms with E-state index in [2.05, 4.69) is 10.1 Å². The first kappa shape index (κ1) is 13.5. The van der Waals surface area contributed by atoms with Crippen LogP contribution in [0, 0.1) is 0 Å². The monoisotopic (exact) mass is 293 g/mol. The first-order valence-corrected chi connectivity index (χ1v) is 7.15. The summed E-state index contributed by atoms with van der Waals surface area (Å²) in [7, 11) is 1.31. The Hall–Kier alpha value is -1.92. The van der Waals surface area contributed by atoms with Crippen LogP contribution in [0.3, 0.4) is 0 Å². The lowest BCUT2D eigenvalue weighted by Crippen LogP contribution is -2.10. The molecular formula is C13H11NO3S2. The number of carbonyl (C=O) groups excluding carboxylic acids is 2. The Balaban J connectivity index is 2.03. The number of anilines is 1. The molecule has 2 aromatic rings. The second kappa shape index (κ2) is 6.31. The van der Waals surface area contributed by atoms with Gasteiger partial charge < -0.3 is 10.1 Å². The molecule has 0 bridgehead atoms. The molecule has 0 fully saturated rings. The lowest BCUT2D eigenvalue weighted by Gasteiger charge is -2.02. The fourth-order valence-corrected chi connectivity index (χ4v) is 2.76. The van der Waals surface area contributed by atoms with E-state index in [-0.39, 0.29) is 5.91 Å². The van der Waals surface area contributed by atoms with Crippen molar-refractivity contribution < 1.29 is 14.3 Å². The number of methoxy groups -OCH3 is 1. The number of nitrogens with one attached hydrogen (secondary N) is 1. The molecule has 0 saturated carbocycles. The van der Waals surface area contributed by atoms with Crippen molar-refractivity contribution in [3.63, 3.8) is 0 Å². The van der Waals surface area contributed by atoms with Crippen LogP contribution in [0.2, 0.25) is 0 Å². The van der Waals surface area contributed by atoms with Gasteiger partial charge in [-0.15, -0.1) is 22.7 Å². The molecule has 0 aliphatic heterocycles. The second-order valence-electron chi connectivity index (χ2n) is 3.49. The summed E-state index contributed by atoms with van der Waals surface area (Å²) < 4.78 is 4.64. The van der Waals surface area contributed by atoms with E-state index >= 15 is 0 Å². The predicted molar refractivity (Wildman–Crippen MR) is 77.6 cm³/mol. The average Bonchev–Trinajstić information content (AvgIpc) is 3.06. The third-order valence-electron chi connectivity index (χ3n) is 2.24. The zero-order valence-electron chi connectivity index (χ0n) is 10.1. The summed E-state index contributed by atoms with van der Waals surface area (Å²) in [6, 6.07) is 5.50. The van der Waals surface area contributed by atoms with Crippen LogP contribution in [0.25, 0.3) is 6.08 Å². The SMILES string of the molecule is COC(=O)c1sccc1NC(=O)C=Cc1cccs1. The largest absolute Gasteiger partial charge is 0.465 e. The van der Waals surface area contributed by atoms with Crippen LogP contribution >= 0.6 is 22.7 Å². The van der Waals surface area contributed by atoms with E-state index in [4.69, 9.17) is 0 Å². The summed E-state index contributed by atoms with van der Waals surface area (Å²) in [6.45, 7) is 0. The van der Waals surface area contributed by atoms with Crippen molar-refractivity contribution in [1.29, 1.82) is 0 Å². The molecule has 98 valence electrons. The number of esters is 1. The second-order valence-corrected chi connectivity index (χ2v) is 5.39. The molecule has 0 aromatic carbocycles. The minimum atomic E-state index is -0.451. The first-order valence-electron chi connectivity index (χ1n) is 5.39. The summed E-state index contributed by atoms with van der Waals surface area (Å²) in [6.07, 6.45) is 3.16. The molecule has 0 radical (unpaired) electrons. The van der Waals surface area contributed by atoms with E-state index in [0.29, 0.717) is 10.6 Å². The van der Waals surface area contributed by atoms with Gasteiger partial charge in [0.15, 0.2) is 0 Å². The Labute approximate surface area is 118 Å². The minimum absolute atomic E-state index is 0.281. The summed E-state index contributed by atoms with van der Waals surface area (Å²) in [5, 5.41) is 6.32. The predicted octanol–water partition coefficient (Wildman–Crippen LogP) is 3.25. The van der Waals surface area contributed by atoms with Crippen molar-refractivity contribution in [2.75, 3.05) is 12.4 Å². The van der Waals surface area contributed by atoms with Crippen LogP contribution in [-0.4, -0.2) is 19.0 Å². The molecule has 0 spiro atoms. The van der Waals surface area contributed by atoms with Crippen molar-refractivity contribution in [2.24, 2.45) is 0 Å². The third kappa shape index (κ3) is 3.52. The Bertz CT molecular complexity index is 599. The fraction of sp³-hybridized carbons (Fsp3) is 0.0769. The number of hydrogen-bond acceptors (Lipinski definition) is 5. The van der Waals surface area contributed by atoms with Crippen LogP contribution in [0.1, 0.15) is 14.5 Å². The molecule has 0 saturated heterocycles. The van der Waals surface area contributed by atoms with Crippen LogP contribution < -0.4 is 5.32 Å². The molecule has 2 heterocycles. The molecule has 6 heteroatoms. The zero-order chi connectivity index (χ0) is 13.7. The maximum absolute atomic E-state index is 11.7. The van der Waals surface area contributed by atoms with E-state index in [1.807, 2.05) is 17.5 Å². The summed E-state index contributed by atoms with van der Waals surface area (Å²) in [5.74, 6) is -0.732. The van der Waals surface area contributed by atoms with Crippen LogP contribution in [0.4, 0.5) is 5.69 Å². The van der Waals surface area contributed by atoms with Crippen molar-refractivity contribution in [1.82, 2.24) is 0 Å². The maximum atomic E-state index is 11.7. The molecule has 2 rings (SSSR count). The van der Waals surface area contributed by atoms with Crippen LogP contribution in [0.15, 0.2) is 35.0 Å². The van der Waals surface area contributed by atoms with Crippen LogP contribution in [-0.2, 0) is 9.53 Å². The molecule has 0 atom stereocenters. The molecule has 0 aliphatic rings. The molecule has 2 aromatic heterocycles. The molecule has 1 N–H and O–H groups in total. The number of thiophene rings is 2. The number of amides is 1. The number of hydrogen-bond donors (Lipinski definition) is 1. The standard InChI is InChI=1S/C13H11NO3S2/c1-17-13(16)12-10(6-8-19-12)14-11(15)5-4-9-3-2-7-18-9/h2-8H,1H3,(H,14,15). The average molecular weight is 293 g/mol. The Morgan fingerprint density at radius 3 is 2.79 bits per heavy atom. The number of ether oxygens (including phenoxy) is 1. The summed E-state index contributed by atoms with van der Waals surface area (Å²) >= 11 is 2.77. The van der Waals surface area contributed by atoms with Gasteiger partial charge in [-0.3, -0.25) is 4.79 Å². The Morgan fingerprint density at radius 2 is 2.11 bits per heavy atom. The van der Waals surface area contributed by atoms with Gasteiger partial charge in [-0.2, -0.15) is 0 Å². The fourth-order valence-electron chi connectivity index (χ4n) is 1.38. The van der Waals surface area contributed by atoms with Gasteiger partial charge >= 0.3 is 5.97 Å². The molecule has 1 amide bonds. The highest BCUT2D eigenvalue weighted by Gasteiger charge is 2.14. The maximum Gasteiger partial charge on any atom is 0.350 e. The highest BCUT2D eigenvalue weighted by atomic mass is 32.1. The quantitative estimate of drug-likeness (QED) is 0.695. The Kier molecular flexibility index (Phi) is 4.48. The lowest BCUT2D eigenvalue weighted by atomic mass is 10.3. The van der Waals surface area contributed by atoms with Gasteiger partial charge in [0, 0.05) is 11.0 Å². The van der Waals surface area contributed by atoms with Gasteiger partial charge in [-0.05, 0) is 29.0 Å². The van der Waals surface area contributed by atoms with Crippen molar-refractivity contribution in [3.8, 4) is 0 Å². The van der Waals surface area contributed by atoms with Crippen molar-refractivity contribution >= 4 is 46.3 Å². The van der Waals surface area contributed by atoms with Gasteiger partial charge in [-0.25, -0.2) is 4.79 Å². The normalized spacial score (nSPS) is 10.6. The molecule has 0 unspecified atom stereocenters. The summed E-state index contributed by atoms with van der Waals surface area (Å²) in [5.41, 5.74) is 0.470. The zero-order valence-corrected chi connectivity index (χ0v) is 11.7. The van der Waals surface area contributed by atoms with Gasteiger partial charge in [0.05, 0.1) is 12.8 Å². The molecular weight excluding hydrogens is 282 g/mol. The van der Waals surface area contributed by atoms with Gasteiger partial charge in [-0.1, -0.05) is 6.07 Å². The first-order chi connectivity index (χ1) is 9.20. The van der Waals surface area contributed by atoms with Gasteiger partial charge in [0.1, 0.15) is 4.88 Å². The van der Waals surface area contributed by atoms with Crippen LogP contribution in [0.5, 0.6) is 0 Å². The van der Waals surface area contributed by atoms with E-state index in [9.17, 15) is 9.59 Å². The summed E-state index contributed by atoms with van der Waals surface area (Å²) in [4.78, 5) is 24.6.